The molecule has 2 rings (SSSR count). The monoisotopic (exact) mass is 223 g/mol. The molecule has 0 aliphatic carbocycles. The van der Waals surface area contributed by atoms with Gasteiger partial charge in [-0.25, -0.2) is 4.98 Å². The maximum absolute atomic E-state index is 4.17. The van der Waals surface area contributed by atoms with Crippen molar-refractivity contribution >= 4 is 11.3 Å². The van der Waals surface area contributed by atoms with E-state index >= 15 is 0 Å². The molecule has 0 bridgehead atoms. The Morgan fingerprint density at radius 2 is 2.53 bits per heavy atom. The first-order valence-electron chi connectivity index (χ1n) is 4.86. The van der Waals surface area contributed by atoms with Crippen molar-refractivity contribution in [1.82, 2.24) is 25.5 Å². The molecular weight excluding hydrogens is 210 g/mol. The van der Waals surface area contributed by atoms with Crippen LogP contribution < -0.4 is 5.32 Å². The molecule has 1 unspecified atom stereocenters. The van der Waals surface area contributed by atoms with E-state index in [9.17, 15) is 0 Å². The van der Waals surface area contributed by atoms with Gasteiger partial charge >= 0.3 is 0 Å². The standard InChI is InChI=1S/C9H13N5S/c1-2-11-8(9-12-5-13-14-9)3-7-4-10-6-15-7/h4-6,8,11H,2-3H2,1H3,(H,12,13,14). The van der Waals surface area contributed by atoms with E-state index in [4.69, 9.17) is 0 Å². The molecule has 0 spiro atoms. The molecule has 0 amide bonds. The Balaban J connectivity index is 2.07. The van der Waals surface area contributed by atoms with Crippen molar-refractivity contribution in [2.45, 2.75) is 19.4 Å². The fourth-order valence-corrected chi connectivity index (χ4v) is 2.08. The summed E-state index contributed by atoms with van der Waals surface area (Å²) in [7, 11) is 0. The Labute approximate surface area is 92.0 Å². The molecule has 0 aromatic carbocycles. The van der Waals surface area contributed by atoms with E-state index in [1.165, 1.54) is 11.2 Å². The van der Waals surface area contributed by atoms with Gasteiger partial charge in [-0.05, 0) is 6.54 Å². The summed E-state index contributed by atoms with van der Waals surface area (Å²) >= 11 is 1.66. The SMILES string of the molecule is CCNC(Cc1cncs1)c1ncn[nH]1. The summed E-state index contributed by atoms with van der Waals surface area (Å²) in [5.41, 5.74) is 1.85. The van der Waals surface area contributed by atoms with Crippen LogP contribution in [0.2, 0.25) is 0 Å². The average molecular weight is 223 g/mol. The molecule has 0 saturated carbocycles. The number of H-pyrrole nitrogens is 1. The van der Waals surface area contributed by atoms with Gasteiger partial charge in [0.05, 0.1) is 11.6 Å². The number of hydrogen-bond donors (Lipinski definition) is 2. The van der Waals surface area contributed by atoms with E-state index < -0.39 is 0 Å². The second kappa shape index (κ2) is 4.99. The quantitative estimate of drug-likeness (QED) is 0.798. The van der Waals surface area contributed by atoms with Gasteiger partial charge in [0.15, 0.2) is 0 Å². The summed E-state index contributed by atoms with van der Waals surface area (Å²) in [6.07, 6.45) is 4.32. The van der Waals surface area contributed by atoms with Crippen molar-refractivity contribution in [2.24, 2.45) is 0 Å². The van der Waals surface area contributed by atoms with E-state index in [0.29, 0.717) is 0 Å². The number of aromatic nitrogens is 4. The molecule has 2 aromatic rings. The first-order valence-corrected chi connectivity index (χ1v) is 5.74. The highest BCUT2D eigenvalue weighted by Crippen LogP contribution is 2.16. The van der Waals surface area contributed by atoms with Crippen molar-refractivity contribution in [3.05, 3.63) is 28.7 Å². The minimum Gasteiger partial charge on any atom is -0.307 e. The molecule has 2 N–H and O–H groups in total. The topological polar surface area (TPSA) is 66.5 Å². The summed E-state index contributed by atoms with van der Waals surface area (Å²) in [5, 5.41) is 10.1. The van der Waals surface area contributed by atoms with Gasteiger partial charge in [-0.15, -0.1) is 11.3 Å². The molecule has 80 valence electrons. The van der Waals surface area contributed by atoms with E-state index in [2.05, 4.69) is 32.4 Å². The highest BCUT2D eigenvalue weighted by Gasteiger charge is 2.14. The highest BCUT2D eigenvalue weighted by molar-refractivity contribution is 7.09. The molecule has 5 nitrogen and oxygen atoms in total. The van der Waals surface area contributed by atoms with Crippen LogP contribution in [0.1, 0.15) is 23.7 Å². The van der Waals surface area contributed by atoms with E-state index in [1.807, 2.05) is 11.7 Å². The van der Waals surface area contributed by atoms with E-state index in [0.717, 1.165) is 18.8 Å². The largest absolute Gasteiger partial charge is 0.307 e. The molecule has 0 radical (unpaired) electrons. The van der Waals surface area contributed by atoms with Gasteiger partial charge in [0.25, 0.3) is 0 Å². The Bertz CT molecular complexity index is 369. The van der Waals surface area contributed by atoms with Crippen LogP contribution in [0.4, 0.5) is 0 Å². The zero-order valence-electron chi connectivity index (χ0n) is 8.47. The second-order valence-corrected chi connectivity index (χ2v) is 4.12. The molecule has 2 heterocycles. The lowest BCUT2D eigenvalue weighted by atomic mass is 10.2. The highest BCUT2D eigenvalue weighted by atomic mass is 32.1. The number of thiazole rings is 1. The number of nitrogens with zero attached hydrogens (tertiary/aromatic N) is 3. The van der Waals surface area contributed by atoms with E-state index in [1.54, 1.807) is 11.3 Å². The van der Waals surface area contributed by atoms with Crippen LogP contribution in [0.25, 0.3) is 0 Å². The summed E-state index contributed by atoms with van der Waals surface area (Å²) < 4.78 is 0. The third-order valence-electron chi connectivity index (χ3n) is 2.10. The number of likely N-dealkylation sites (N-methyl/N-ethyl adjacent to an activating group) is 1. The first-order chi connectivity index (χ1) is 7.40. The third-order valence-corrected chi connectivity index (χ3v) is 2.90. The van der Waals surface area contributed by atoms with Crippen molar-refractivity contribution in [1.29, 1.82) is 0 Å². The maximum Gasteiger partial charge on any atom is 0.141 e. The molecule has 6 heteroatoms. The predicted molar refractivity (Wildman–Crippen MR) is 58.6 cm³/mol. The van der Waals surface area contributed by atoms with Crippen LogP contribution in [0, 0.1) is 0 Å². The molecule has 0 aliphatic rings. The Hall–Kier alpha value is -1.27. The summed E-state index contributed by atoms with van der Waals surface area (Å²) in [5.74, 6) is 0.880. The molecule has 0 saturated heterocycles. The lowest BCUT2D eigenvalue weighted by molar-refractivity contribution is 0.526. The summed E-state index contributed by atoms with van der Waals surface area (Å²) in [6, 6.07) is 0.193. The van der Waals surface area contributed by atoms with Crippen LogP contribution in [0.3, 0.4) is 0 Å². The maximum atomic E-state index is 4.17. The van der Waals surface area contributed by atoms with Crippen LogP contribution in [-0.4, -0.2) is 26.7 Å². The molecule has 0 fully saturated rings. The number of rotatable bonds is 5. The number of aromatic amines is 1. The van der Waals surface area contributed by atoms with Crippen LogP contribution in [0.5, 0.6) is 0 Å². The Morgan fingerprint density at radius 3 is 3.13 bits per heavy atom. The Morgan fingerprint density at radius 1 is 1.60 bits per heavy atom. The third kappa shape index (κ3) is 2.60. The lowest BCUT2D eigenvalue weighted by Gasteiger charge is -2.13. The smallest absolute Gasteiger partial charge is 0.141 e. The molecule has 1 atom stereocenters. The zero-order chi connectivity index (χ0) is 10.5. The van der Waals surface area contributed by atoms with Gasteiger partial charge in [-0.3, -0.25) is 10.1 Å². The fraction of sp³-hybridized carbons (Fsp3) is 0.444. The zero-order valence-corrected chi connectivity index (χ0v) is 9.29. The predicted octanol–water partition coefficient (Wildman–Crippen LogP) is 1.15. The van der Waals surface area contributed by atoms with Gasteiger partial charge in [-0.1, -0.05) is 6.92 Å². The van der Waals surface area contributed by atoms with E-state index in [-0.39, 0.29) is 6.04 Å². The van der Waals surface area contributed by atoms with Crippen molar-refractivity contribution < 1.29 is 0 Å². The molecule has 15 heavy (non-hydrogen) atoms. The molecule has 0 aliphatic heterocycles. The van der Waals surface area contributed by atoms with Crippen LogP contribution in [0.15, 0.2) is 18.0 Å². The summed E-state index contributed by atoms with van der Waals surface area (Å²) in [6.45, 7) is 2.99. The lowest BCUT2D eigenvalue weighted by Crippen LogP contribution is -2.23. The van der Waals surface area contributed by atoms with Gasteiger partial charge < -0.3 is 5.32 Å². The van der Waals surface area contributed by atoms with Crippen LogP contribution in [-0.2, 0) is 6.42 Å². The summed E-state index contributed by atoms with van der Waals surface area (Å²) in [4.78, 5) is 9.48. The van der Waals surface area contributed by atoms with Gasteiger partial charge in [0, 0.05) is 17.5 Å². The number of hydrogen-bond acceptors (Lipinski definition) is 5. The van der Waals surface area contributed by atoms with Gasteiger partial charge in [-0.2, -0.15) is 5.10 Å². The molecule has 2 aromatic heterocycles. The van der Waals surface area contributed by atoms with Crippen molar-refractivity contribution in [3.63, 3.8) is 0 Å². The first kappa shape index (κ1) is 10.3. The second-order valence-electron chi connectivity index (χ2n) is 3.15. The van der Waals surface area contributed by atoms with Crippen LogP contribution >= 0.6 is 11.3 Å². The minimum atomic E-state index is 0.193. The molecular formula is C9H13N5S. The average Bonchev–Trinajstić information content (AvgIpc) is 2.89. The van der Waals surface area contributed by atoms with Gasteiger partial charge in [0.2, 0.25) is 0 Å². The Kier molecular flexibility index (Phi) is 3.41. The van der Waals surface area contributed by atoms with Gasteiger partial charge in [0.1, 0.15) is 12.2 Å². The number of nitrogens with one attached hydrogen (secondary N) is 2. The van der Waals surface area contributed by atoms with Crippen molar-refractivity contribution in [3.8, 4) is 0 Å². The normalized spacial score (nSPS) is 12.9. The minimum absolute atomic E-state index is 0.193. The van der Waals surface area contributed by atoms with Crippen molar-refractivity contribution in [2.75, 3.05) is 6.54 Å². The fourth-order valence-electron chi connectivity index (χ4n) is 1.44.